The van der Waals surface area contributed by atoms with Crippen molar-refractivity contribution >= 4 is 29.2 Å². The Kier molecular flexibility index (Phi) is 7.19. The van der Waals surface area contributed by atoms with Crippen molar-refractivity contribution in [2.24, 2.45) is 0 Å². The molecule has 0 amide bonds. The predicted octanol–water partition coefficient (Wildman–Crippen LogP) is 4.25. The molecule has 1 aromatic carbocycles. The minimum atomic E-state index is 0.476. The molecule has 0 fully saturated rings. The van der Waals surface area contributed by atoms with Gasteiger partial charge in [-0.1, -0.05) is 19.9 Å². The van der Waals surface area contributed by atoms with Crippen molar-refractivity contribution in [2.45, 2.75) is 31.2 Å². The van der Waals surface area contributed by atoms with Gasteiger partial charge in [0.25, 0.3) is 0 Å². The monoisotopic (exact) mass is 294 g/mol. The van der Waals surface area contributed by atoms with E-state index >= 15 is 0 Å². The number of anilines is 1. The van der Waals surface area contributed by atoms with E-state index in [1.165, 1.54) is 0 Å². The maximum atomic E-state index is 9.46. The fourth-order valence-corrected chi connectivity index (χ4v) is 3.72. The zero-order valence-corrected chi connectivity index (χ0v) is 13.8. The highest BCUT2D eigenvalue weighted by Crippen LogP contribution is 2.31. The lowest BCUT2D eigenvalue weighted by molar-refractivity contribution is 0.672. The van der Waals surface area contributed by atoms with Gasteiger partial charge >= 0.3 is 0 Å². The highest BCUT2D eigenvalue weighted by molar-refractivity contribution is 7.99. The number of nitrogens with zero attached hydrogens (tertiary/aromatic N) is 2. The summed E-state index contributed by atoms with van der Waals surface area (Å²) in [7, 11) is 2.10. The van der Waals surface area contributed by atoms with Crippen LogP contribution in [-0.2, 0) is 0 Å². The third kappa shape index (κ3) is 4.09. The molecule has 1 aromatic rings. The highest BCUT2D eigenvalue weighted by Gasteiger charge is 2.17. The molecule has 0 saturated heterocycles. The zero-order chi connectivity index (χ0) is 14.3. The number of rotatable bonds is 7. The fourth-order valence-electron chi connectivity index (χ4n) is 2.09. The van der Waals surface area contributed by atoms with Crippen molar-refractivity contribution < 1.29 is 0 Å². The maximum absolute atomic E-state index is 9.46. The predicted molar refractivity (Wildman–Crippen MR) is 88.4 cm³/mol. The molecule has 0 spiro atoms. The molecule has 1 unspecified atom stereocenters. The van der Waals surface area contributed by atoms with E-state index in [4.69, 9.17) is 0 Å². The summed E-state index contributed by atoms with van der Waals surface area (Å²) < 4.78 is 0. The SMILES string of the molecule is CCSc1cccc(N(C)C(CC)CSC)c1C#N. The summed E-state index contributed by atoms with van der Waals surface area (Å²) >= 11 is 3.59. The van der Waals surface area contributed by atoms with Gasteiger partial charge in [-0.25, -0.2) is 0 Å². The standard InChI is InChI=1S/C15H22N2S2/c1-5-12(11-18-4)17(3)14-8-7-9-15(19-6-2)13(14)10-16/h7-9,12H,5-6,11H2,1-4H3. The van der Waals surface area contributed by atoms with Crippen LogP contribution < -0.4 is 4.90 Å². The summed E-state index contributed by atoms with van der Waals surface area (Å²) in [6, 6.07) is 9.01. The number of hydrogen-bond acceptors (Lipinski definition) is 4. The van der Waals surface area contributed by atoms with Crippen LogP contribution in [0.4, 0.5) is 5.69 Å². The smallest absolute Gasteiger partial charge is 0.103 e. The van der Waals surface area contributed by atoms with E-state index in [-0.39, 0.29) is 0 Å². The van der Waals surface area contributed by atoms with Gasteiger partial charge in [0.05, 0.1) is 11.3 Å². The van der Waals surface area contributed by atoms with Gasteiger partial charge in [-0.15, -0.1) is 11.8 Å². The molecule has 19 heavy (non-hydrogen) atoms. The van der Waals surface area contributed by atoms with Gasteiger partial charge in [-0.2, -0.15) is 17.0 Å². The molecule has 0 heterocycles. The van der Waals surface area contributed by atoms with Crippen LogP contribution >= 0.6 is 23.5 Å². The van der Waals surface area contributed by atoms with Crippen LogP contribution in [0.1, 0.15) is 25.8 Å². The van der Waals surface area contributed by atoms with Crippen molar-refractivity contribution in [3.8, 4) is 6.07 Å². The molecular formula is C15H22N2S2. The first kappa shape index (κ1) is 16.3. The van der Waals surface area contributed by atoms with E-state index in [1.54, 1.807) is 11.8 Å². The molecule has 1 atom stereocenters. The van der Waals surface area contributed by atoms with Crippen molar-refractivity contribution in [2.75, 3.05) is 29.7 Å². The van der Waals surface area contributed by atoms with Crippen molar-refractivity contribution in [3.05, 3.63) is 23.8 Å². The Hall–Kier alpha value is -0.790. The minimum Gasteiger partial charge on any atom is -0.370 e. The normalized spacial score (nSPS) is 11.9. The molecule has 2 nitrogen and oxygen atoms in total. The summed E-state index contributed by atoms with van der Waals surface area (Å²) in [5.74, 6) is 2.08. The molecular weight excluding hydrogens is 272 g/mol. The Morgan fingerprint density at radius 1 is 1.37 bits per heavy atom. The summed E-state index contributed by atoms with van der Waals surface area (Å²) in [6.45, 7) is 4.32. The lowest BCUT2D eigenvalue weighted by Crippen LogP contribution is -2.33. The van der Waals surface area contributed by atoms with Crippen LogP contribution in [-0.4, -0.2) is 30.9 Å². The average molecular weight is 294 g/mol. The first-order valence-corrected chi connectivity index (χ1v) is 8.95. The Morgan fingerprint density at radius 3 is 2.63 bits per heavy atom. The molecule has 0 N–H and O–H groups in total. The molecule has 0 radical (unpaired) electrons. The minimum absolute atomic E-state index is 0.476. The molecule has 0 aromatic heterocycles. The van der Waals surface area contributed by atoms with Gasteiger partial charge in [-0.3, -0.25) is 0 Å². The Morgan fingerprint density at radius 2 is 2.11 bits per heavy atom. The second-order valence-electron chi connectivity index (χ2n) is 4.32. The summed E-state index contributed by atoms with van der Waals surface area (Å²) in [5, 5.41) is 9.46. The van der Waals surface area contributed by atoms with Crippen LogP contribution in [0.3, 0.4) is 0 Å². The van der Waals surface area contributed by atoms with Crippen LogP contribution in [0.5, 0.6) is 0 Å². The molecule has 0 aliphatic rings. The maximum Gasteiger partial charge on any atom is 0.103 e. The van der Waals surface area contributed by atoms with Crippen LogP contribution in [0.25, 0.3) is 0 Å². The summed E-state index contributed by atoms with van der Waals surface area (Å²) in [4.78, 5) is 3.35. The third-order valence-electron chi connectivity index (χ3n) is 3.17. The largest absolute Gasteiger partial charge is 0.370 e. The topological polar surface area (TPSA) is 27.0 Å². The molecule has 0 aliphatic heterocycles. The van der Waals surface area contributed by atoms with Crippen molar-refractivity contribution in [3.63, 3.8) is 0 Å². The van der Waals surface area contributed by atoms with E-state index < -0.39 is 0 Å². The van der Waals surface area contributed by atoms with Crippen molar-refractivity contribution in [1.82, 2.24) is 0 Å². The molecule has 0 aliphatic carbocycles. The van der Waals surface area contributed by atoms with Crippen LogP contribution in [0, 0.1) is 11.3 Å². The Balaban J connectivity index is 3.11. The zero-order valence-electron chi connectivity index (χ0n) is 12.1. The van der Waals surface area contributed by atoms with Gasteiger partial charge in [0.15, 0.2) is 0 Å². The quantitative estimate of drug-likeness (QED) is 0.703. The summed E-state index contributed by atoms with van der Waals surface area (Å²) in [5.41, 5.74) is 1.87. The number of benzene rings is 1. The van der Waals surface area contributed by atoms with E-state index in [1.807, 2.05) is 17.8 Å². The number of thioether (sulfide) groups is 2. The first-order valence-electron chi connectivity index (χ1n) is 6.57. The lowest BCUT2D eigenvalue weighted by Gasteiger charge is -2.30. The van der Waals surface area contributed by atoms with Crippen molar-refractivity contribution in [1.29, 1.82) is 5.26 Å². The second kappa shape index (κ2) is 8.39. The molecule has 0 saturated carbocycles. The Bertz CT molecular complexity index is 440. The van der Waals surface area contributed by atoms with Gasteiger partial charge in [-0.05, 0) is 30.6 Å². The molecule has 1 rings (SSSR count). The first-order chi connectivity index (χ1) is 9.19. The second-order valence-corrected chi connectivity index (χ2v) is 6.54. The van der Waals surface area contributed by atoms with E-state index in [2.05, 4.69) is 50.3 Å². The highest BCUT2D eigenvalue weighted by atomic mass is 32.2. The third-order valence-corrected chi connectivity index (χ3v) is 4.83. The Labute approximate surface area is 125 Å². The van der Waals surface area contributed by atoms with Gasteiger partial charge in [0.1, 0.15) is 6.07 Å². The van der Waals surface area contributed by atoms with E-state index in [0.29, 0.717) is 6.04 Å². The van der Waals surface area contributed by atoms with Crippen LogP contribution in [0.15, 0.2) is 23.1 Å². The van der Waals surface area contributed by atoms with Crippen LogP contribution in [0.2, 0.25) is 0 Å². The molecule has 104 valence electrons. The van der Waals surface area contributed by atoms with Gasteiger partial charge in [0, 0.05) is 23.7 Å². The van der Waals surface area contributed by atoms with Gasteiger partial charge < -0.3 is 4.90 Å². The van der Waals surface area contributed by atoms with E-state index in [9.17, 15) is 5.26 Å². The average Bonchev–Trinajstić information content (AvgIpc) is 2.44. The lowest BCUT2D eigenvalue weighted by atomic mass is 10.1. The van der Waals surface area contributed by atoms with E-state index in [0.717, 1.165) is 34.1 Å². The molecule has 0 bridgehead atoms. The van der Waals surface area contributed by atoms with Gasteiger partial charge in [0.2, 0.25) is 0 Å². The number of hydrogen-bond donors (Lipinski definition) is 0. The molecule has 4 heteroatoms. The number of nitriles is 1. The summed E-state index contributed by atoms with van der Waals surface area (Å²) in [6.07, 6.45) is 3.22. The fraction of sp³-hybridized carbons (Fsp3) is 0.533.